The first-order valence-electron chi connectivity index (χ1n) is 9.58. The number of nitrogens with one attached hydrogen (secondary N) is 1. The summed E-state index contributed by atoms with van der Waals surface area (Å²) in [6.07, 6.45) is 3.13. The molecule has 0 radical (unpaired) electrons. The van der Waals surface area contributed by atoms with Crippen LogP contribution in [0.3, 0.4) is 0 Å². The third-order valence-electron chi connectivity index (χ3n) is 5.64. The maximum Gasteiger partial charge on any atom is 0.325 e. The molecule has 1 spiro atoms. The summed E-state index contributed by atoms with van der Waals surface area (Å²) in [5.74, 6) is -2.63. The highest BCUT2D eigenvalue weighted by atomic mass is 16.5. The molecule has 8 heteroatoms. The highest BCUT2D eigenvalue weighted by molar-refractivity contribution is 6.01. The molecule has 4 rings (SSSR count). The Kier molecular flexibility index (Phi) is 4.74. The molecule has 0 saturated carbocycles. The van der Waals surface area contributed by atoms with E-state index in [1.807, 2.05) is 6.08 Å². The molecule has 1 aromatic rings. The van der Waals surface area contributed by atoms with E-state index in [0.717, 1.165) is 0 Å². The van der Waals surface area contributed by atoms with E-state index >= 15 is 0 Å². The Labute approximate surface area is 167 Å². The van der Waals surface area contributed by atoms with Crippen molar-refractivity contribution in [2.24, 2.45) is 11.8 Å². The molecule has 2 amide bonds. The van der Waals surface area contributed by atoms with Crippen molar-refractivity contribution >= 4 is 29.3 Å². The van der Waals surface area contributed by atoms with Crippen LogP contribution in [0.15, 0.2) is 36.4 Å². The van der Waals surface area contributed by atoms with Gasteiger partial charge < -0.3 is 19.7 Å². The summed E-state index contributed by atoms with van der Waals surface area (Å²) in [5, 5.41) is 2.80. The fraction of sp³-hybridized carbons (Fsp3) is 0.429. The number of nitrogens with zero attached hydrogens (tertiary/aromatic N) is 1. The first kappa shape index (κ1) is 19.3. The number of esters is 1. The van der Waals surface area contributed by atoms with Crippen molar-refractivity contribution in [3.63, 3.8) is 0 Å². The van der Waals surface area contributed by atoms with Crippen LogP contribution in [0.2, 0.25) is 0 Å². The van der Waals surface area contributed by atoms with Crippen LogP contribution in [0, 0.1) is 11.8 Å². The molecule has 8 nitrogen and oxygen atoms in total. The van der Waals surface area contributed by atoms with E-state index < -0.39 is 29.5 Å². The summed E-state index contributed by atoms with van der Waals surface area (Å²) >= 11 is 0. The van der Waals surface area contributed by atoms with Crippen LogP contribution in [-0.4, -0.2) is 59.9 Å². The molecule has 3 heterocycles. The van der Waals surface area contributed by atoms with Crippen molar-refractivity contribution in [2.75, 3.05) is 25.0 Å². The summed E-state index contributed by atoms with van der Waals surface area (Å²) in [4.78, 5) is 50.8. The van der Waals surface area contributed by atoms with Gasteiger partial charge in [-0.15, -0.1) is 0 Å². The van der Waals surface area contributed by atoms with Crippen LogP contribution in [-0.2, 0) is 23.9 Å². The molecule has 4 atom stereocenters. The van der Waals surface area contributed by atoms with Crippen molar-refractivity contribution in [3.8, 4) is 0 Å². The SMILES string of the molecule is CCOC(=O)CN1CC23C=CC(O2)C(C(=O)Nc2cccc(C(C)=O)c2)C3C1=O. The van der Waals surface area contributed by atoms with Gasteiger partial charge in [-0.3, -0.25) is 19.2 Å². The Morgan fingerprint density at radius 1 is 1.34 bits per heavy atom. The highest BCUT2D eigenvalue weighted by Gasteiger charge is 2.66. The van der Waals surface area contributed by atoms with E-state index in [-0.39, 0.29) is 37.3 Å². The van der Waals surface area contributed by atoms with Gasteiger partial charge in [-0.25, -0.2) is 0 Å². The lowest BCUT2D eigenvalue weighted by molar-refractivity contribution is -0.148. The minimum absolute atomic E-state index is 0.105. The van der Waals surface area contributed by atoms with E-state index in [1.54, 1.807) is 37.3 Å². The predicted molar refractivity (Wildman–Crippen MR) is 102 cm³/mol. The number of carbonyl (C=O) groups is 4. The molecule has 3 aliphatic heterocycles. The molecule has 1 N–H and O–H groups in total. The second kappa shape index (κ2) is 7.11. The first-order valence-corrected chi connectivity index (χ1v) is 9.58. The van der Waals surface area contributed by atoms with Gasteiger partial charge in [0.15, 0.2) is 5.78 Å². The lowest BCUT2D eigenvalue weighted by Gasteiger charge is -2.23. The largest absolute Gasteiger partial charge is 0.465 e. The third kappa shape index (κ3) is 3.23. The van der Waals surface area contributed by atoms with Crippen molar-refractivity contribution < 1.29 is 28.7 Å². The number of fused-ring (bicyclic) bond motifs is 1. The first-order chi connectivity index (χ1) is 13.8. The number of rotatable bonds is 6. The summed E-state index contributed by atoms with van der Waals surface area (Å²) in [6.45, 7) is 3.44. The molecule has 2 bridgehead atoms. The molecule has 1 aromatic carbocycles. The number of likely N-dealkylation sites (tertiary alicyclic amines) is 1. The number of ketones is 1. The monoisotopic (exact) mass is 398 g/mol. The molecule has 2 saturated heterocycles. The molecular formula is C21H22N2O6. The van der Waals surface area contributed by atoms with Crippen molar-refractivity contribution in [3.05, 3.63) is 42.0 Å². The Morgan fingerprint density at radius 3 is 2.86 bits per heavy atom. The van der Waals surface area contributed by atoms with E-state index in [1.165, 1.54) is 11.8 Å². The number of hydrogen-bond acceptors (Lipinski definition) is 6. The second-order valence-electron chi connectivity index (χ2n) is 7.53. The number of anilines is 1. The number of hydrogen-bond donors (Lipinski definition) is 1. The summed E-state index contributed by atoms with van der Waals surface area (Å²) < 4.78 is 11.0. The number of carbonyl (C=O) groups excluding carboxylic acids is 4. The van der Waals surface area contributed by atoms with Crippen LogP contribution in [0.4, 0.5) is 5.69 Å². The molecule has 2 fully saturated rings. The van der Waals surface area contributed by atoms with Crippen molar-refractivity contribution in [1.82, 2.24) is 4.90 Å². The number of amides is 2. The molecule has 4 unspecified atom stereocenters. The summed E-state index contributed by atoms with van der Waals surface area (Å²) in [5.41, 5.74) is 0.0792. The van der Waals surface area contributed by atoms with E-state index in [4.69, 9.17) is 9.47 Å². The molecule has 3 aliphatic rings. The quantitative estimate of drug-likeness (QED) is 0.439. The molecule has 29 heavy (non-hydrogen) atoms. The van der Waals surface area contributed by atoms with Crippen molar-refractivity contribution in [2.45, 2.75) is 25.6 Å². The predicted octanol–water partition coefficient (Wildman–Crippen LogP) is 1.17. The lowest BCUT2D eigenvalue weighted by Crippen LogP contribution is -2.41. The molecule has 0 aliphatic carbocycles. The number of benzene rings is 1. The van der Waals surface area contributed by atoms with Gasteiger partial charge in [0.1, 0.15) is 12.1 Å². The molecular weight excluding hydrogens is 376 g/mol. The Hall–Kier alpha value is -3.00. The standard InChI is InChI=1S/C21H22N2O6/c1-3-28-16(25)10-23-11-21-8-7-15(29-21)17(18(21)20(23)27)19(26)22-14-6-4-5-13(9-14)12(2)24/h4-9,15,17-18H,3,10-11H2,1-2H3,(H,22,26). The van der Waals surface area contributed by atoms with Gasteiger partial charge in [-0.2, -0.15) is 0 Å². The van der Waals surface area contributed by atoms with Gasteiger partial charge >= 0.3 is 5.97 Å². The Balaban J connectivity index is 1.53. The van der Waals surface area contributed by atoms with Crippen LogP contribution < -0.4 is 5.32 Å². The Morgan fingerprint density at radius 2 is 2.14 bits per heavy atom. The second-order valence-corrected chi connectivity index (χ2v) is 7.53. The summed E-state index contributed by atoms with van der Waals surface area (Å²) in [7, 11) is 0. The fourth-order valence-electron chi connectivity index (χ4n) is 4.42. The number of ether oxygens (including phenoxy) is 2. The minimum Gasteiger partial charge on any atom is -0.465 e. The average Bonchev–Trinajstić information content (AvgIpc) is 3.30. The zero-order valence-corrected chi connectivity index (χ0v) is 16.2. The summed E-state index contributed by atoms with van der Waals surface area (Å²) in [6, 6.07) is 6.65. The normalized spacial score (nSPS) is 29.1. The van der Waals surface area contributed by atoms with Gasteiger partial charge in [0.05, 0.1) is 31.1 Å². The smallest absolute Gasteiger partial charge is 0.325 e. The van der Waals surface area contributed by atoms with E-state index in [9.17, 15) is 19.2 Å². The Bertz CT molecular complexity index is 926. The van der Waals surface area contributed by atoms with Crippen LogP contribution >= 0.6 is 0 Å². The van der Waals surface area contributed by atoms with E-state index in [2.05, 4.69) is 5.32 Å². The maximum absolute atomic E-state index is 13.0. The van der Waals surface area contributed by atoms with Gasteiger partial charge in [-0.05, 0) is 26.0 Å². The van der Waals surface area contributed by atoms with E-state index in [0.29, 0.717) is 11.3 Å². The van der Waals surface area contributed by atoms with Gasteiger partial charge in [0.2, 0.25) is 11.8 Å². The molecule has 0 aromatic heterocycles. The van der Waals surface area contributed by atoms with Crippen molar-refractivity contribution in [1.29, 1.82) is 0 Å². The maximum atomic E-state index is 13.0. The van der Waals surface area contributed by atoms with Gasteiger partial charge in [0, 0.05) is 11.3 Å². The van der Waals surface area contributed by atoms with Crippen LogP contribution in [0.25, 0.3) is 0 Å². The minimum atomic E-state index is -0.891. The number of Topliss-reactive ketones (excluding diaryl/α,β-unsaturated/α-hetero) is 1. The highest BCUT2D eigenvalue weighted by Crippen LogP contribution is 2.52. The van der Waals surface area contributed by atoms with Crippen LogP contribution in [0.1, 0.15) is 24.2 Å². The average molecular weight is 398 g/mol. The zero-order chi connectivity index (χ0) is 20.8. The fourth-order valence-corrected chi connectivity index (χ4v) is 4.42. The topological polar surface area (TPSA) is 102 Å². The molecule has 152 valence electrons. The lowest BCUT2D eigenvalue weighted by atomic mass is 9.76. The zero-order valence-electron chi connectivity index (χ0n) is 16.2. The third-order valence-corrected chi connectivity index (χ3v) is 5.64. The van der Waals surface area contributed by atoms with Gasteiger partial charge in [-0.1, -0.05) is 24.3 Å². The van der Waals surface area contributed by atoms with Gasteiger partial charge in [0.25, 0.3) is 0 Å². The van der Waals surface area contributed by atoms with Crippen LogP contribution in [0.5, 0.6) is 0 Å².